The van der Waals surface area contributed by atoms with Crippen LogP contribution in [0, 0.1) is 222 Å². The van der Waals surface area contributed by atoms with Crippen LogP contribution in [0.4, 0.5) is 34.9 Å². The number of hydrogen-bond acceptors (Lipinski definition) is 6. The molecule has 0 N–H and O–H groups in total. The summed E-state index contributed by atoms with van der Waals surface area (Å²) in [6, 6.07) is 68.8. The molecule has 6 heterocycles. The van der Waals surface area contributed by atoms with Crippen LogP contribution < -0.4 is 0 Å². The van der Waals surface area contributed by atoms with Crippen molar-refractivity contribution in [3.8, 4) is 89.8 Å². The van der Waals surface area contributed by atoms with E-state index in [-0.39, 0.29) is 133 Å². The Hall–Kier alpha value is -9.93. The Balaban J connectivity index is 0.00000171. The molecule has 0 spiro atoms. The maximum Gasteiger partial charge on any atom is 4.00 e. The molecule has 0 aliphatic rings. The van der Waals surface area contributed by atoms with Crippen molar-refractivity contribution in [1.82, 2.24) is 29.9 Å². The molecule has 15 heteroatoms. The number of pyridine rings is 6. The van der Waals surface area contributed by atoms with Crippen LogP contribution in [0.2, 0.25) is 0 Å². The van der Waals surface area contributed by atoms with Gasteiger partial charge in [-0.05, 0) is 369 Å². The summed E-state index contributed by atoms with van der Waals surface area (Å²) in [7, 11) is 0. The number of rotatable bonds is 24. The molecule has 14 aromatic rings. The third-order valence-electron chi connectivity index (χ3n) is 23.5. The predicted octanol–water partition coefficient (Wildman–Crippen LogP) is 39.7. The molecule has 0 aliphatic heterocycles. The first kappa shape index (κ1) is 135. The minimum Gasteiger partial charge on any atom is -0.466 e. The van der Waals surface area contributed by atoms with E-state index in [4.69, 9.17) is 30.6 Å². The molecular formula is C130H172Hf3N12. The van der Waals surface area contributed by atoms with Crippen LogP contribution >= 0.6 is 0 Å². The monoisotopic (exact) mass is 2440 g/mol. The Morgan fingerprint density at radius 3 is 0.510 bits per heavy atom. The SMILES string of the molecule is CCC[N-]c1cc(-c2c(C)cc(C)cc2C)cc(-c2c(C)cc(C)cc2C)n1.CCC[N-]c1cc(-c2c(C)cc(C)cc2C)cc(-c2c(C)cc(C)cc2C)n1.CCC[N-]c1cccc(-c2c(C)cc(C)cc2C)n1.CCC[N-]c1cccc(-c2c(C)cc(C)cc2C)n1.Cc1cc(C)c(-c2cccc([N-]CC(C)(C)C)n2)c(C)c1.Cc1cc(C)c(-c2cccc([N-]CC(C)(C)C)n2)c(C)c1.[CH3-].[CH3-].[CH3-].[CH3-].[CH3-].[CH3-].[Hf+4].[Hf+4].[Hf+4]. The van der Waals surface area contributed by atoms with E-state index in [9.17, 15) is 0 Å². The number of aromatic nitrogens is 6. The van der Waals surface area contributed by atoms with Crippen LogP contribution in [0.15, 0.2) is 194 Å². The van der Waals surface area contributed by atoms with Gasteiger partial charge in [-0.15, -0.1) is 0 Å². The average Bonchev–Trinajstić information content (AvgIpc) is 0.775. The van der Waals surface area contributed by atoms with Gasteiger partial charge in [0.25, 0.3) is 0 Å². The first-order valence-corrected chi connectivity index (χ1v) is 49.0. The molecule has 8 aromatic carbocycles. The fourth-order valence-electron chi connectivity index (χ4n) is 18.7. The van der Waals surface area contributed by atoms with E-state index >= 15 is 0 Å². The molecule has 0 saturated carbocycles. The zero-order valence-corrected chi connectivity index (χ0v) is 107. The fourth-order valence-corrected chi connectivity index (χ4v) is 18.7. The van der Waals surface area contributed by atoms with Crippen LogP contribution in [0.25, 0.3) is 122 Å². The molecule has 14 rings (SSSR count). The normalized spacial score (nSPS) is 10.3. The van der Waals surface area contributed by atoms with Crippen LogP contribution in [0.3, 0.4) is 0 Å². The summed E-state index contributed by atoms with van der Waals surface area (Å²) >= 11 is 0. The Morgan fingerprint density at radius 2 is 0.338 bits per heavy atom. The Labute approximate surface area is 939 Å². The topological polar surface area (TPSA) is 162 Å². The summed E-state index contributed by atoms with van der Waals surface area (Å²) in [5.41, 5.74) is 49.7. The van der Waals surface area contributed by atoms with Gasteiger partial charge in [-0.25, -0.2) is 0 Å². The van der Waals surface area contributed by atoms with Crippen molar-refractivity contribution >= 4 is 34.9 Å². The molecule has 0 fully saturated rings. The van der Waals surface area contributed by atoms with Crippen LogP contribution in [-0.4, -0.2) is 69.2 Å². The second-order valence-electron chi connectivity index (χ2n) is 40.2. The maximum atomic E-state index is 4.93. The Bertz CT molecular complexity index is 5720. The molecule has 0 atom stereocenters. The summed E-state index contributed by atoms with van der Waals surface area (Å²) < 4.78 is 0. The van der Waals surface area contributed by atoms with E-state index in [0.717, 1.165) is 134 Å². The summed E-state index contributed by atoms with van der Waals surface area (Å²) in [5.74, 6) is 4.96. The molecule has 0 aliphatic carbocycles. The zero-order valence-electron chi connectivity index (χ0n) is 96.4. The van der Waals surface area contributed by atoms with Crippen molar-refractivity contribution < 1.29 is 77.5 Å². The number of nitrogens with zero attached hydrogens (tertiary/aromatic N) is 12. The van der Waals surface area contributed by atoms with Crippen molar-refractivity contribution in [1.29, 1.82) is 0 Å². The molecule has 0 unspecified atom stereocenters. The smallest absolute Gasteiger partial charge is 0.466 e. The van der Waals surface area contributed by atoms with E-state index in [0.29, 0.717) is 0 Å². The second kappa shape index (κ2) is 63.0. The van der Waals surface area contributed by atoms with Crippen molar-refractivity contribution in [3.05, 3.63) is 404 Å². The van der Waals surface area contributed by atoms with E-state index in [1.54, 1.807) is 0 Å². The van der Waals surface area contributed by atoms with Crippen molar-refractivity contribution in [2.45, 2.75) is 261 Å². The maximum absolute atomic E-state index is 4.93. The summed E-state index contributed by atoms with van der Waals surface area (Å²) in [4.78, 5) is 28.6. The van der Waals surface area contributed by atoms with Gasteiger partial charge < -0.3 is 106 Å². The standard InChI is InChI=1S/2C26H31N2.2C19H25N2.2C17H21N2.6CH3.3Hf/c2*1-8-9-27-24-15-22(25-18(4)10-16(2)11-19(25)5)14-23(28-24)26-20(6)12-17(3)13-21(26)7;2*1-13-10-14(2)18(15(3)11-13)16-8-7-9-17(21-16)20-12-19(4,5)6;2*1-5-9-18-16-8-6-7-15(19-16)17-13(3)10-12(2)11-14(17)4;;;;;;;;;/h2*10-15H,8-9H2,1-7H3;2*7-11H,12H2,1-6H3;2*6-8,10-11H,5,9H2,1-4H3;6*1H3;;;/q12*-1;3*+4. The summed E-state index contributed by atoms with van der Waals surface area (Å²) in [6.45, 7) is 78.3. The Kier molecular flexibility index (Phi) is 58.7. The minimum atomic E-state index is 0. The van der Waals surface area contributed by atoms with Gasteiger partial charge in [0, 0.05) is 0 Å². The van der Waals surface area contributed by atoms with Gasteiger partial charge in [0.05, 0.1) is 0 Å². The second-order valence-corrected chi connectivity index (χ2v) is 40.2. The van der Waals surface area contributed by atoms with Gasteiger partial charge in [0.15, 0.2) is 0 Å². The number of hydrogen-bond donors (Lipinski definition) is 0. The van der Waals surface area contributed by atoms with Gasteiger partial charge in [-0.1, -0.05) is 395 Å². The number of benzene rings is 8. The molecule has 0 radical (unpaired) electrons. The predicted molar refractivity (Wildman–Crippen MR) is 628 cm³/mol. The molecular weight excluding hydrogens is 2260 g/mol. The average molecular weight is 2440 g/mol. The first-order chi connectivity index (χ1) is 64.3. The van der Waals surface area contributed by atoms with E-state index < -0.39 is 0 Å². The van der Waals surface area contributed by atoms with Crippen LogP contribution in [0.5, 0.6) is 0 Å². The van der Waals surface area contributed by atoms with Gasteiger partial charge in [0.2, 0.25) is 0 Å². The summed E-state index contributed by atoms with van der Waals surface area (Å²) in [6.07, 6.45) is 4.14. The van der Waals surface area contributed by atoms with Crippen LogP contribution in [-0.2, 0) is 77.5 Å². The molecule has 0 bridgehead atoms. The van der Waals surface area contributed by atoms with E-state index in [1.165, 1.54) is 189 Å². The molecule has 6 aromatic heterocycles. The molecule has 145 heavy (non-hydrogen) atoms. The number of aryl methyl sites for hydroxylation is 24. The molecule has 0 amide bonds. The quantitative estimate of drug-likeness (QED) is 0.0432. The summed E-state index contributed by atoms with van der Waals surface area (Å²) in [5, 5.41) is 27.7. The van der Waals surface area contributed by atoms with Gasteiger partial charge in [-0.2, -0.15) is 0 Å². The minimum absolute atomic E-state index is 0. The third kappa shape index (κ3) is 39.9. The Morgan fingerprint density at radius 1 is 0.186 bits per heavy atom. The first-order valence-electron chi connectivity index (χ1n) is 49.0. The molecule has 12 nitrogen and oxygen atoms in total. The zero-order chi connectivity index (χ0) is 99.7. The van der Waals surface area contributed by atoms with E-state index in [2.05, 4.69) is 412 Å². The largest absolute Gasteiger partial charge is 4.00 e. The van der Waals surface area contributed by atoms with Crippen molar-refractivity contribution in [2.75, 3.05) is 39.3 Å². The van der Waals surface area contributed by atoms with Gasteiger partial charge in [-0.3, -0.25) is 0 Å². The molecule has 764 valence electrons. The fraction of sp³-hybridized carbons (Fsp3) is 0.354. The van der Waals surface area contributed by atoms with Crippen molar-refractivity contribution in [3.63, 3.8) is 0 Å². The third-order valence-corrected chi connectivity index (χ3v) is 23.5. The molecule has 0 saturated heterocycles. The van der Waals surface area contributed by atoms with Gasteiger partial charge in [0.1, 0.15) is 0 Å². The van der Waals surface area contributed by atoms with E-state index in [1.807, 2.05) is 48.5 Å². The van der Waals surface area contributed by atoms with Crippen LogP contribution in [0.1, 0.15) is 228 Å². The van der Waals surface area contributed by atoms with Crippen molar-refractivity contribution in [2.24, 2.45) is 10.8 Å². The van der Waals surface area contributed by atoms with Gasteiger partial charge >= 0.3 is 77.5 Å².